The first-order valence-corrected chi connectivity index (χ1v) is 9.38. The lowest BCUT2D eigenvalue weighted by Gasteiger charge is -2.10. The minimum absolute atomic E-state index is 0. The topological polar surface area (TPSA) is 70.6 Å². The van der Waals surface area contributed by atoms with E-state index >= 15 is 0 Å². The van der Waals surface area contributed by atoms with Gasteiger partial charge in [-0.1, -0.05) is 6.92 Å². The van der Waals surface area contributed by atoms with Crippen LogP contribution in [-0.2, 0) is 16.4 Å². The van der Waals surface area contributed by atoms with Crippen molar-refractivity contribution in [2.45, 2.75) is 27.3 Å². The van der Waals surface area contributed by atoms with Crippen LogP contribution in [0.15, 0.2) is 17.1 Å². The standard InChI is InChI=1S/C13H23N3O2S2.HI/c1-4-14-13(15-8-9-20(17,18)5-2)16-10-12-7-6-11(3)19-12;/h6-7H,4-5,8-10H2,1-3H3,(H2,14,15,16);1H. The second kappa shape index (κ2) is 10.4. The normalized spacial score (nSPS) is 11.9. The second-order valence-electron chi connectivity index (χ2n) is 4.37. The van der Waals surface area contributed by atoms with E-state index in [4.69, 9.17) is 0 Å². The monoisotopic (exact) mass is 445 g/mol. The van der Waals surface area contributed by atoms with E-state index in [2.05, 4.69) is 34.7 Å². The summed E-state index contributed by atoms with van der Waals surface area (Å²) in [5.41, 5.74) is 0. The Hall–Kier alpha value is -0.350. The van der Waals surface area contributed by atoms with E-state index in [1.54, 1.807) is 18.3 Å². The molecule has 0 aliphatic rings. The molecular weight excluding hydrogens is 421 g/mol. The number of guanidine groups is 1. The van der Waals surface area contributed by atoms with Crippen molar-refractivity contribution in [2.75, 3.05) is 24.6 Å². The Morgan fingerprint density at radius 3 is 2.52 bits per heavy atom. The zero-order valence-corrected chi connectivity index (χ0v) is 16.6. The molecule has 2 N–H and O–H groups in total. The van der Waals surface area contributed by atoms with Gasteiger partial charge >= 0.3 is 0 Å². The molecule has 0 bridgehead atoms. The summed E-state index contributed by atoms with van der Waals surface area (Å²) < 4.78 is 22.8. The number of rotatable bonds is 7. The van der Waals surface area contributed by atoms with Gasteiger partial charge in [-0.3, -0.25) is 0 Å². The van der Waals surface area contributed by atoms with Crippen molar-refractivity contribution in [1.29, 1.82) is 0 Å². The molecule has 1 aromatic rings. The summed E-state index contributed by atoms with van der Waals surface area (Å²) in [5.74, 6) is 0.966. The highest BCUT2D eigenvalue weighted by molar-refractivity contribution is 14.0. The molecule has 122 valence electrons. The zero-order valence-electron chi connectivity index (χ0n) is 12.7. The van der Waals surface area contributed by atoms with Crippen molar-refractivity contribution in [2.24, 2.45) is 4.99 Å². The number of sulfone groups is 1. The molecule has 1 heterocycles. The zero-order chi connectivity index (χ0) is 15.0. The Morgan fingerprint density at radius 2 is 2.00 bits per heavy atom. The summed E-state index contributed by atoms with van der Waals surface area (Å²) in [6.07, 6.45) is 0. The fourth-order valence-corrected chi connectivity index (χ4v) is 3.05. The average Bonchev–Trinajstić information content (AvgIpc) is 2.81. The van der Waals surface area contributed by atoms with Crippen LogP contribution >= 0.6 is 35.3 Å². The van der Waals surface area contributed by atoms with Gasteiger partial charge in [-0.25, -0.2) is 13.4 Å². The predicted octanol–water partition coefficient (Wildman–Crippen LogP) is 2.16. The van der Waals surface area contributed by atoms with Gasteiger partial charge in [0, 0.05) is 28.6 Å². The van der Waals surface area contributed by atoms with Gasteiger partial charge in [0.1, 0.15) is 0 Å². The number of nitrogens with zero attached hydrogens (tertiary/aromatic N) is 1. The minimum atomic E-state index is -2.94. The first-order valence-electron chi connectivity index (χ1n) is 6.74. The lowest BCUT2D eigenvalue weighted by Crippen LogP contribution is -2.39. The van der Waals surface area contributed by atoms with Crippen molar-refractivity contribution in [3.63, 3.8) is 0 Å². The highest BCUT2D eigenvalue weighted by Gasteiger charge is 2.07. The van der Waals surface area contributed by atoms with Crippen molar-refractivity contribution in [3.05, 3.63) is 21.9 Å². The molecule has 0 aliphatic carbocycles. The number of aliphatic imine (C=N–C) groups is 1. The molecule has 0 spiro atoms. The van der Waals surface area contributed by atoms with Crippen LogP contribution < -0.4 is 10.6 Å². The third-order valence-electron chi connectivity index (χ3n) is 2.68. The average molecular weight is 445 g/mol. The Morgan fingerprint density at radius 1 is 1.29 bits per heavy atom. The van der Waals surface area contributed by atoms with E-state index < -0.39 is 9.84 Å². The van der Waals surface area contributed by atoms with Crippen LogP contribution in [0, 0.1) is 6.92 Å². The van der Waals surface area contributed by atoms with E-state index in [1.807, 2.05) is 6.92 Å². The van der Waals surface area contributed by atoms with E-state index in [0.29, 0.717) is 19.0 Å². The maximum atomic E-state index is 11.4. The highest BCUT2D eigenvalue weighted by Crippen LogP contribution is 2.15. The molecule has 0 saturated heterocycles. The number of thiophene rings is 1. The Labute approximate surface area is 148 Å². The van der Waals surface area contributed by atoms with Crippen LogP contribution in [0.2, 0.25) is 0 Å². The largest absolute Gasteiger partial charge is 0.357 e. The van der Waals surface area contributed by atoms with E-state index in [-0.39, 0.29) is 35.5 Å². The highest BCUT2D eigenvalue weighted by atomic mass is 127. The maximum Gasteiger partial charge on any atom is 0.191 e. The summed E-state index contributed by atoms with van der Waals surface area (Å²) >= 11 is 1.72. The quantitative estimate of drug-likeness (QED) is 0.384. The van der Waals surface area contributed by atoms with Crippen LogP contribution in [0.25, 0.3) is 0 Å². The summed E-state index contributed by atoms with van der Waals surface area (Å²) in [6, 6.07) is 4.14. The summed E-state index contributed by atoms with van der Waals surface area (Å²) in [6.45, 7) is 7.44. The molecule has 8 heteroatoms. The summed E-state index contributed by atoms with van der Waals surface area (Å²) in [5, 5.41) is 6.17. The van der Waals surface area contributed by atoms with Crippen LogP contribution in [0.4, 0.5) is 0 Å². The van der Waals surface area contributed by atoms with Crippen LogP contribution in [0.5, 0.6) is 0 Å². The van der Waals surface area contributed by atoms with Crippen LogP contribution in [0.1, 0.15) is 23.6 Å². The van der Waals surface area contributed by atoms with Crippen molar-refractivity contribution >= 4 is 51.1 Å². The van der Waals surface area contributed by atoms with E-state index in [1.165, 1.54) is 9.75 Å². The van der Waals surface area contributed by atoms with E-state index in [9.17, 15) is 8.42 Å². The molecule has 0 atom stereocenters. The minimum Gasteiger partial charge on any atom is -0.357 e. The maximum absolute atomic E-state index is 11.4. The number of hydrogen-bond acceptors (Lipinski definition) is 4. The van der Waals surface area contributed by atoms with Gasteiger partial charge in [0.25, 0.3) is 0 Å². The van der Waals surface area contributed by atoms with Crippen molar-refractivity contribution < 1.29 is 8.42 Å². The number of hydrogen-bond donors (Lipinski definition) is 2. The summed E-state index contributed by atoms with van der Waals surface area (Å²) in [4.78, 5) is 6.91. The van der Waals surface area contributed by atoms with Gasteiger partial charge in [-0.2, -0.15) is 0 Å². The fraction of sp³-hybridized carbons (Fsp3) is 0.615. The number of halogens is 1. The molecule has 0 fully saturated rings. The Balaban J connectivity index is 0.00000400. The smallest absolute Gasteiger partial charge is 0.191 e. The number of nitrogens with one attached hydrogen (secondary N) is 2. The molecule has 0 aromatic carbocycles. The molecule has 0 amide bonds. The van der Waals surface area contributed by atoms with Gasteiger partial charge in [0.05, 0.1) is 12.3 Å². The predicted molar refractivity (Wildman–Crippen MR) is 102 cm³/mol. The first-order chi connectivity index (χ1) is 9.46. The second-order valence-corrected chi connectivity index (χ2v) is 8.22. The third-order valence-corrected chi connectivity index (χ3v) is 5.37. The molecule has 1 aromatic heterocycles. The molecule has 0 saturated carbocycles. The molecule has 0 unspecified atom stereocenters. The molecule has 21 heavy (non-hydrogen) atoms. The molecule has 5 nitrogen and oxygen atoms in total. The fourth-order valence-electron chi connectivity index (χ4n) is 1.54. The van der Waals surface area contributed by atoms with Gasteiger partial charge in [-0.05, 0) is 26.0 Å². The van der Waals surface area contributed by atoms with Crippen molar-refractivity contribution in [3.8, 4) is 0 Å². The first kappa shape index (κ1) is 20.6. The summed E-state index contributed by atoms with van der Waals surface area (Å²) in [7, 11) is -2.94. The van der Waals surface area contributed by atoms with Gasteiger partial charge in [-0.15, -0.1) is 35.3 Å². The molecule has 0 aliphatic heterocycles. The van der Waals surface area contributed by atoms with Crippen LogP contribution in [-0.4, -0.2) is 39.0 Å². The Bertz CT molecular complexity index is 541. The third kappa shape index (κ3) is 8.62. The lowest BCUT2D eigenvalue weighted by atomic mass is 10.4. The number of aryl methyl sites for hydroxylation is 1. The SMILES string of the molecule is CCNC(=NCc1ccc(C)s1)NCCS(=O)(=O)CC.I. The van der Waals surface area contributed by atoms with Crippen molar-refractivity contribution in [1.82, 2.24) is 10.6 Å². The molecular formula is C13H24IN3O2S2. The Kier molecular flexibility index (Phi) is 10.2. The van der Waals surface area contributed by atoms with Gasteiger partial charge in [0.2, 0.25) is 0 Å². The van der Waals surface area contributed by atoms with Gasteiger partial charge in [0.15, 0.2) is 15.8 Å². The molecule has 1 rings (SSSR count). The van der Waals surface area contributed by atoms with Gasteiger partial charge < -0.3 is 10.6 Å². The lowest BCUT2D eigenvalue weighted by molar-refractivity contribution is 0.595. The molecule has 0 radical (unpaired) electrons. The van der Waals surface area contributed by atoms with E-state index in [0.717, 1.165) is 6.54 Å². The van der Waals surface area contributed by atoms with Crippen LogP contribution in [0.3, 0.4) is 0 Å².